The van der Waals surface area contributed by atoms with Crippen molar-refractivity contribution in [1.82, 2.24) is 10.4 Å². The highest BCUT2D eigenvalue weighted by atomic mass is 35.5. The molecule has 1 heterocycles. The predicted molar refractivity (Wildman–Crippen MR) is 83.9 cm³/mol. The van der Waals surface area contributed by atoms with Crippen LogP contribution in [0.2, 0.25) is 15.1 Å². The number of nitrogens with one attached hydrogen (secondary N) is 1. The molecule has 7 heteroatoms. The topological polar surface area (TPSA) is 77.0 Å². The van der Waals surface area contributed by atoms with Crippen LogP contribution in [0, 0.1) is 0 Å². The molecule has 4 nitrogen and oxygen atoms in total. The quantitative estimate of drug-likeness (QED) is 0.593. The second-order valence-corrected chi connectivity index (χ2v) is 5.50. The molecule has 1 atom stereocenters. The van der Waals surface area contributed by atoms with Crippen molar-refractivity contribution >= 4 is 40.6 Å². The molecule has 0 aliphatic heterocycles. The third-order valence-electron chi connectivity index (χ3n) is 2.96. The maximum absolute atomic E-state index is 6.16. The Balaban J connectivity index is 2.36. The predicted octanol–water partition coefficient (Wildman–Crippen LogP) is 3.37. The lowest BCUT2D eigenvalue weighted by Crippen LogP contribution is -2.30. The summed E-state index contributed by atoms with van der Waals surface area (Å²) in [5.74, 6) is 5.97. The Labute approximate surface area is 132 Å². The van der Waals surface area contributed by atoms with E-state index in [0.29, 0.717) is 32.9 Å². The van der Waals surface area contributed by atoms with Crippen LogP contribution < -0.4 is 17.0 Å². The number of rotatable bonds is 4. The van der Waals surface area contributed by atoms with E-state index < -0.39 is 0 Å². The van der Waals surface area contributed by atoms with Crippen LogP contribution in [-0.4, -0.2) is 4.98 Å². The fraction of sp³-hybridized carbons (Fsp3) is 0.154. The first kappa shape index (κ1) is 15.4. The molecule has 0 saturated heterocycles. The van der Waals surface area contributed by atoms with Crippen molar-refractivity contribution in [2.24, 2.45) is 5.84 Å². The Hall–Kier alpha value is -1.04. The fourth-order valence-electron chi connectivity index (χ4n) is 1.93. The van der Waals surface area contributed by atoms with Gasteiger partial charge in [-0.2, -0.15) is 0 Å². The number of hydrogen-bond donors (Lipinski definition) is 3. The maximum atomic E-state index is 6.16. The highest BCUT2D eigenvalue weighted by Gasteiger charge is 2.18. The van der Waals surface area contributed by atoms with Gasteiger partial charge >= 0.3 is 0 Å². The zero-order valence-corrected chi connectivity index (χ0v) is 12.7. The summed E-state index contributed by atoms with van der Waals surface area (Å²) < 4.78 is 0. The minimum atomic E-state index is -0.293. The summed E-state index contributed by atoms with van der Waals surface area (Å²) in [5, 5.41) is 1.64. The molecule has 1 aromatic heterocycles. The highest BCUT2D eigenvalue weighted by molar-refractivity contribution is 6.36. The number of hydrogen-bond acceptors (Lipinski definition) is 4. The number of pyridine rings is 1. The summed E-state index contributed by atoms with van der Waals surface area (Å²) in [4.78, 5) is 4.02. The molecule has 0 saturated carbocycles. The Morgan fingerprint density at radius 1 is 1.20 bits per heavy atom. The summed E-state index contributed by atoms with van der Waals surface area (Å²) in [5.41, 5.74) is 10.1. The number of nitrogen functional groups attached to an aromatic ring is 1. The maximum Gasteiger partial charge on any atom is 0.128 e. The monoisotopic (exact) mass is 330 g/mol. The van der Waals surface area contributed by atoms with Gasteiger partial charge in [-0.3, -0.25) is 11.3 Å². The Morgan fingerprint density at radius 3 is 2.45 bits per heavy atom. The van der Waals surface area contributed by atoms with E-state index in [1.54, 1.807) is 24.3 Å². The van der Waals surface area contributed by atoms with E-state index in [4.69, 9.17) is 46.4 Å². The summed E-state index contributed by atoms with van der Waals surface area (Å²) >= 11 is 18.3. The number of halogens is 3. The lowest BCUT2D eigenvalue weighted by Gasteiger charge is -2.19. The van der Waals surface area contributed by atoms with Gasteiger partial charge in [0.05, 0.1) is 11.1 Å². The smallest absolute Gasteiger partial charge is 0.128 e. The number of benzene rings is 1. The molecular formula is C13H13Cl3N4. The van der Waals surface area contributed by atoms with Gasteiger partial charge in [0.15, 0.2) is 0 Å². The van der Waals surface area contributed by atoms with Gasteiger partial charge in [-0.1, -0.05) is 40.9 Å². The second kappa shape index (κ2) is 6.61. The molecule has 106 valence electrons. The Morgan fingerprint density at radius 2 is 1.85 bits per heavy atom. The minimum Gasteiger partial charge on any atom is -0.383 e. The van der Waals surface area contributed by atoms with Gasteiger partial charge in [-0.25, -0.2) is 4.98 Å². The van der Waals surface area contributed by atoms with Crippen LogP contribution in [-0.2, 0) is 6.42 Å². The zero-order chi connectivity index (χ0) is 14.7. The SMILES string of the molecule is NNC(Cc1c(Cl)cccc1Cl)c1cc(Cl)cnc1N. The van der Waals surface area contributed by atoms with E-state index in [9.17, 15) is 0 Å². The van der Waals surface area contributed by atoms with Crippen LogP contribution in [0.25, 0.3) is 0 Å². The van der Waals surface area contributed by atoms with E-state index in [-0.39, 0.29) is 6.04 Å². The fourth-order valence-corrected chi connectivity index (χ4v) is 2.65. The third kappa shape index (κ3) is 3.34. The van der Waals surface area contributed by atoms with E-state index in [2.05, 4.69) is 10.4 Å². The third-order valence-corrected chi connectivity index (χ3v) is 3.88. The van der Waals surface area contributed by atoms with Crippen LogP contribution in [0.15, 0.2) is 30.5 Å². The number of hydrazine groups is 1. The van der Waals surface area contributed by atoms with Crippen molar-refractivity contribution in [1.29, 1.82) is 0 Å². The van der Waals surface area contributed by atoms with E-state index in [0.717, 1.165) is 5.56 Å². The normalized spacial score (nSPS) is 12.4. The molecule has 2 rings (SSSR count). The first-order valence-electron chi connectivity index (χ1n) is 5.83. The molecule has 0 fully saturated rings. The van der Waals surface area contributed by atoms with E-state index >= 15 is 0 Å². The first-order valence-corrected chi connectivity index (χ1v) is 6.96. The number of aromatic nitrogens is 1. The van der Waals surface area contributed by atoms with Gasteiger partial charge in [0, 0.05) is 21.8 Å². The average molecular weight is 332 g/mol. The van der Waals surface area contributed by atoms with Gasteiger partial charge in [-0.15, -0.1) is 0 Å². The standard InChI is InChI=1S/C13H13Cl3N4/c14-7-4-9(13(17)19-6-7)12(20-18)5-8-10(15)2-1-3-11(8)16/h1-4,6,12,20H,5,18H2,(H2,17,19). The largest absolute Gasteiger partial charge is 0.383 e. The second-order valence-electron chi connectivity index (χ2n) is 4.25. The Bertz CT molecular complexity index is 598. The van der Waals surface area contributed by atoms with Crippen LogP contribution in [0.5, 0.6) is 0 Å². The lowest BCUT2D eigenvalue weighted by atomic mass is 10.00. The van der Waals surface area contributed by atoms with Crippen molar-refractivity contribution in [2.75, 3.05) is 5.73 Å². The van der Waals surface area contributed by atoms with Crippen LogP contribution in [0.4, 0.5) is 5.82 Å². The number of anilines is 1. The van der Waals surface area contributed by atoms with Crippen LogP contribution in [0.3, 0.4) is 0 Å². The molecule has 0 aliphatic rings. The molecule has 0 spiro atoms. The summed E-state index contributed by atoms with van der Waals surface area (Å²) in [6.45, 7) is 0. The van der Waals surface area contributed by atoms with Crippen LogP contribution in [0.1, 0.15) is 17.2 Å². The Kier molecular flexibility index (Phi) is 5.07. The first-order chi connectivity index (χ1) is 9.52. The van der Waals surface area contributed by atoms with Crippen LogP contribution >= 0.6 is 34.8 Å². The molecule has 2 aromatic rings. The number of nitrogens with zero attached hydrogens (tertiary/aromatic N) is 1. The molecule has 20 heavy (non-hydrogen) atoms. The molecule has 0 aliphatic carbocycles. The van der Waals surface area contributed by atoms with Gasteiger partial charge in [0.25, 0.3) is 0 Å². The minimum absolute atomic E-state index is 0.293. The van der Waals surface area contributed by atoms with Crippen molar-refractivity contribution < 1.29 is 0 Å². The molecule has 0 bridgehead atoms. The molecule has 0 radical (unpaired) electrons. The zero-order valence-electron chi connectivity index (χ0n) is 10.4. The lowest BCUT2D eigenvalue weighted by molar-refractivity contribution is 0.552. The van der Waals surface area contributed by atoms with Gasteiger partial charge < -0.3 is 5.73 Å². The highest BCUT2D eigenvalue weighted by Crippen LogP contribution is 2.31. The van der Waals surface area contributed by atoms with E-state index in [1.165, 1.54) is 6.20 Å². The van der Waals surface area contributed by atoms with Gasteiger partial charge in [0.1, 0.15) is 5.82 Å². The van der Waals surface area contributed by atoms with Gasteiger partial charge in [-0.05, 0) is 30.2 Å². The number of nitrogens with two attached hydrogens (primary N) is 2. The van der Waals surface area contributed by atoms with Gasteiger partial charge in [0.2, 0.25) is 0 Å². The average Bonchev–Trinajstić information content (AvgIpc) is 2.42. The van der Waals surface area contributed by atoms with Crippen molar-refractivity contribution in [2.45, 2.75) is 12.5 Å². The van der Waals surface area contributed by atoms with Crippen molar-refractivity contribution in [3.8, 4) is 0 Å². The van der Waals surface area contributed by atoms with Crippen molar-refractivity contribution in [3.05, 3.63) is 56.7 Å². The molecule has 1 aromatic carbocycles. The molecule has 5 N–H and O–H groups in total. The molecular weight excluding hydrogens is 319 g/mol. The van der Waals surface area contributed by atoms with E-state index in [1.807, 2.05) is 0 Å². The summed E-state index contributed by atoms with van der Waals surface area (Å²) in [6.07, 6.45) is 1.96. The van der Waals surface area contributed by atoms with Crippen molar-refractivity contribution in [3.63, 3.8) is 0 Å². The molecule has 1 unspecified atom stereocenters. The summed E-state index contributed by atoms with van der Waals surface area (Å²) in [7, 11) is 0. The molecule has 0 amide bonds. The summed E-state index contributed by atoms with van der Waals surface area (Å²) in [6, 6.07) is 6.76.